The lowest BCUT2D eigenvalue weighted by atomic mass is 10.3. The monoisotopic (exact) mass is 270 g/mol. The molecule has 0 aromatic heterocycles. The molecule has 1 saturated heterocycles. The van der Waals surface area contributed by atoms with Crippen LogP contribution in [0.3, 0.4) is 0 Å². The third-order valence-corrected chi connectivity index (χ3v) is 3.10. The molecule has 0 radical (unpaired) electrons. The fourth-order valence-corrected chi connectivity index (χ4v) is 1.98. The van der Waals surface area contributed by atoms with Crippen LogP contribution in [0.2, 0.25) is 0 Å². The molecule has 0 saturated carbocycles. The number of nitrogens with zero attached hydrogens (tertiary/aromatic N) is 3. The number of carbonyl (C=O) groups is 2. The molecule has 19 heavy (non-hydrogen) atoms. The first-order valence-electron chi connectivity index (χ1n) is 6.84. The summed E-state index contributed by atoms with van der Waals surface area (Å²) in [6.45, 7) is 7.40. The highest BCUT2D eigenvalue weighted by Gasteiger charge is 2.23. The van der Waals surface area contributed by atoms with Crippen molar-refractivity contribution in [2.45, 2.75) is 19.9 Å². The van der Waals surface area contributed by atoms with Crippen LogP contribution in [0.4, 0.5) is 0 Å². The molecule has 0 unspecified atom stereocenters. The number of amides is 2. The minimum atomic E-state index is 0.119. The smallest absolute Gasteiger partial charge is 0.236 e. The number of hydrogen-bond acceptors (Lipinski definition) is 4. The predicted octanol–water partition coefficient (Wildman–Crippen LogP) is -0.783. The molecule has 1 fully saturated rings. The van der Waals surface area contributed by atoms with Crippen molar-refractivity contribution >= 4 is 11.8 Å². The average Bonchev–Trinajstić information content (AvgIpc) is 2.35. The van der Waals surface area contributed by atoms with Crippen LogP contribution < -0.4 is 5.32 Å². The second kappa shape index (κ2) is 7.45. The largest absolute Gasteiger partial charge is 0.338 e. The fourth-order valence-electron chi connectivity index (χ4n) is 1.98. The van der Waals surface area contributed by atoms with Gasteiger partial charge in [0.05, 0.1) is 13.1 Å². The maximum absolute atomic E-state index is 11.9. The lowest BCUT2D eigenvalue weighted by Gasteiger charge is -2.35. The molecule has 1 aliphatic rings. The predicted molar refractivity (Wildman–Crippen MR) is 74.9 cm³/mol. The molecule has 0 spiro atoms. The third-order valence-electron chi connectivity index (χ3n) is 3.10. The van der Waals surface area contributed by atoms with Gasteiger partial charge in [-0.1, -0.05) is 13.8 Å². The summed E-state index contributed by atoms with van der Waals surface area (Å²) < 4.78 is 0. The molecular weight excluding hydrogens is 244 g/mol. The van der Waals surface area contributed by atoms with Crippen LogP contribution in [0.5, 0.6) is 0 Å². The Balaban J connectivity index is 2.32. The third kappa shape index (κ3) is 5.57. The molecule has 1 rings (SSSR count). The number of hydrogen-bond donors (Lipinski definition) is 1. The van der Waals surface area contributed by atoms with Gasteiger partial charge in [-0.2, -0.15) is 0 Å². The SMILES string of the molecule is CC(C)NCC(=O)N1CCN(C(=O)CN(C)C)CC1. The van der Waals surface area contributed by atoms with E-state index in [1.807, 2.05) is 42.6 Å². The zero-order chi connectivity index (χ0) is 14.4. The quantitative estimate of drug-likeness (QED) is 0.712. The fraction of sp³-hybridized carbons (Fsp3) is 0.846. The molecule has 1 N–H and O–H groups in total. The maximum Gasteiger partial charge on any atom is 0.236 e. The molecule has 0 aromatic rings. The van der Waals surface area contributed by atoms with E-state index in [0.717, 1.165) is 0 Å². The van der Waals surface area contributed by atoms with Crippen molar-refractivity contribution in [3.63, 3.8) is 0 Å². The first-order valence-corrected chi connectivity index (χ1v) is 6.84. The van der Waals surface area contributed by atoms with Gasteiger partial charge in [0.2, 0.25) is 11.8 Å². The molecule has 0 atom stereocenters. The Morgan fingerprint density at radius 3 is 1.95 bits per heavy atom. The Kier molecular flexibility index (Phi) is 6.24. The van der Waals surface area contributed by atoms with Gasteiger partial charge in [-0.15, -0.1) is 0 Å². The zero-order valence-electron chi connectivity index (χ0n) is 12.5. The van der Waals surface area contributed by atoms with E-state index in [0.29, 0.717) is 45.3 Å². The number of carbonyl (C=O) groups excluding carboxylic acids is 2. The summed E-state index contributed by atoms with van der Waals surface area (Å²) in [5.41, 5.74) is 0. The molecule has 1 heterocycles. The summed E-state index contributed by atoms with van der Waals surface area (Å²) in [5.74, 6) is 0.255. The molecule has 0 bridgehead atoms. The summed E-state index contributed by atoms with van der Waals surface area (Å²) in [6, 6.07) is 0.312. The Morgan fingerprint density at radius 1 is 1.05 bits per heavy atom. The van der Waals surface area contributed by atoms with Crippen LogP contribution in [0.1, 0.15) is 13.8 Å². The van der Waals surface area contributed by atoms with E-state index in [4.69, 9.17) is 0 Å². The van der Waals surface area contributed by atoms with Crippen molar-refractivity contribution < 1.29 is 9.59 Å². The average molecular weight is 270 g/mol. The molecule has 0 aliphatic carbocycles. The first kappa shape index (κ1) is 15.9. The summed E-state index contributed by atoms with van der Waals surface area (Å²) in [5, 5.41) is 3.12. The standard InChI is InChI=1S/C13H26N4O2/c1-11(2)14-9-12(18)16-5-7-17(8-6-16)13(19)10-15(3)4/h11,14H,5-10H2,1-4H3. The van der Waals surface area contributed by atoms with Gasteiger partial charge < -0.3 is 20.0 Å². The Hall–Kier alpha value is -1.14. The van der Waals surface area contributed by atoms with Gasteiger partial charge in [-0.05, 0) is 14.1 Å². The van der Waals surface area contributed by atoms with Gasteiger partial charge in [-0.3, -0.25) is 9.59 Å². The van der Waals surface area contributed by atoms with Crippen LogP contribution in [0.15, 0.2) is 0 Å². The van der Waals surface area contributed by atoms with Crippen LogP contribution in [0, 0.1) is 0 Å². The molecule has 6 heteroatoms. The van der Waals surface area contributed by atoms with Crippen molar-refractivity contribution in [2.24, 2.45) is 0 Å². The second-order valence-electron chi connectivity index (χ2n) is 5.53. The highest BCUT2D eigenvalue weighted by Crippen LogP contribution is 2.03. The Morgan fingerprint density at radius 2 is 1.53 bits per heavy atom. The molecular formula is C13H26N4O2. The van der Waals surface area contributed by atoms with Crippen molar-refractivity contribution in [3.8, 4) is 0 Å². The summed E-state index contributed by atoms with van der Waals surface area (Å²) >= 11 is 0. The van der Waals surface area contributed by atoms with Crippen molar-refractivity contribution in [1.82, 2.24) is 20.0 Å². The minimum absolute atomic E-state index is 0.119. The zero-order valence-corrected chi connectivity index (χ0v) is 12.5. The lowest BCUT2D eigenvalue weighted by molar-refractivity contribution is -0.139. The molecule has 0 aromatic carbocycles. The van der Waals surface area contributed by atoms with Crippen molar-refractivity contribution in [2.75, 3.05) is 53.4 Å². The molecule has 2 amide bonds. The summed E-state index contributed by atoms with van der Waals surface area (Å²) in [6.07, 6.45) is 0. The van der Waals surface area contributed by atoms with E-state index in [2.05, 4.69) is 5.32 Å². The van der Waals surface area contributed by atoms with Gasteiger partial charge in [0, 0.05) is 32.2 Å². The van der Waals surface area contributed by atoms with Crippen molar-refractivity contribution in [3.05, 3.63) is 0 Å². The number of nitrogens with one attached hydrogen (secondary N) is 1. The highest BCUT2D eigenvalue weighted by atomic mass is 16.2. The van der Waals surface area contributed by atoms with Gasteiger partial charge >= 0.3 is 0 Å². The van der Waals surface area contributed by atoms with Gasteiger partial charge in [0.1, 0.15) is 0 Å². The van der Waals surface area contributed by atoms with Crippen LogP contribution in [-0.2, 0) is 9.59 Å². The number of likely N-dealkylation sites (N-methyl/N-ethyl adjacent to an activating group) is 1. The van der Waals surface area contributed by atoms with E-state index < -0.39 is 0 Å². The first-order chi connectivity index (χ1) is 8.90. The van der Waals surface area contributed by atoms with Gasteiger partial charge in [-0.25, -0.2) is 0 Å². The van der Waals surface area contributed by atoms with E-state index in [-0.39, 0.29) is 11.8 Å². The molecule has 1 aliphatic heterocycles. The normalized spacial score (nSPS) is 16.3. The summed E-state index contributed by atoms with van der Waals surface area (Å²) in [4.78, 5) is 29.3. The van der Waals surface area contributed by atoms with E-state index in [9.17, 15) is 9.59 Å². The van der Waals surface area contributed by atoms with Crippen LogP contribution >= 0.6 is 0 Å². The van der Waals surface area contributed by atoms with E-state index in [1.54, 1.807) is 0 Å². The van der Waals surface area contributed by atoms with E-state index in [1.165, 1.54) is 0 Å². The van der Waals surface area contributed by atoms with Crippen molar-refractivity contribution in [1.29, 1.82) is 0 Å². The molecule has 6 nitrogen and oxygen atoms in total. The lowest BCUT2D eigenvalue weighted by Crippen LogP contribution is -2.53. The molecule has 110 valence electrons. The van der Waals surface area contributed by atoms with Gasteiger partial charge in [0.15, 0.2) is 0 Å². The van der Waals surface area contributed by atoms with E-state index >= 15 is 0 Å². The summed E-state index contributed by atoms with van der Waals surface area (Å²) in [7, 11) is 3.77. The van der Waals surface area contributed by atoms with Gasteiger partial charge in [0.25, 0.3) is 0 Å². The Bertz CT molecular complexity index is 310. The number of rotatable bonds is 5. The highest BCUT2D eigenvalue weighted by molar-refractivity contribution is 5.80. The minimum Gasteiger partial charge on any atom is -0.338 e. The maximum atomic E-state index is 11.9. The number of piperazine rings is 1. The van der Waals surface area contributed by atoms with Crippen LogP contribution in [0.25, 0.3) is 0 Å². The topological polar surface area (TPSA) is 55.9 Å². The second-order valence-corrected chi connectivity index (χ2v) is 5.53. The Labute approximate surface area is 115 Å². The van der Waals surface area contributed by atoms with Crippen LogP contribution in [-0.4, -0.2) is 85.9 Å².